The molecule has 4 N–H and O–H groups in total. The Kier molecular flexibility index (Phi) is 10.8. The van der Waals surface area contributed by atoms with Gasteiger partial charge in [-0.1, -0.05) is 83.0 Å². The number of nitrogens with zero attached hydrogens (tertiary/aromatic N) is 1. The number of hydrogen-bond donors (Lipinski definition) is 4. The second kappa shape index (κ2) is 13.8. The van der Waals surface area contributed by atoms with Gasteiger partial charge in [-0.05, 0) is 43.6 Å². The van der Waals surface area contributed by atoms with Crippen molar-refractivity contribution in [3.05, 3.63) is 71.8 Å². The van der Waals surface area contributed by atoms with Crippen LogP contribution in [0.25, 0.3) is 0 Å². The van der Waals surface area contributed by atoms with E-state index >= 15 is 0 Å². The number of carbonyl (C=O) groups is 2. The third kappa shape index (κ3) is 8.46. The third-order valence-electron chi connectivity index (χ3n) is 6.37. The van der Waals surface area contributed by atoms with E-state index in [-0.39, 0.29) is 35.2 Å². The summed E-state index contributed by atoms with van der Waals surface area (Å²) < 4.78 is 0. The SMILES string of the molecule is CC(CCCB(O)O)NC(=O)C1C[C@@H](NCc2ccccc2)C(Br)N1C(=O)CCc1ccccc1. The summed E-state index contributed by atoms with van der Waals surface area (Å²) in [5, 5.41) is 24.6. The monoisotopic (exact) mass is 543 g/mol. The van der Waals surface area contributed by atoms with Crippen molar-refractivity contribution in [3.63, 3.8) is 0 Å². The Morgan fingerprint density at radius 3 is 2.34 bits per heavy atom. The quantitative estimate of drug-likeness (QED) is 0.187. The lowest BCUT2D eigenvalue weighted by Gasteiger charge is -2.29. The molecule has 2 amide bonds. The highest BCUT2D eigenvalue weighted by Gasteiger charge is 2.45. The number of aryl methyl sites for hydroxylation is 1. The fourth-order valence-corrected chi connectivity index (χ4v) is 5.36. The lowest BCUT2D eigenvalue weighted by molar-refractivity contribution is -0.139. The predicted molar refractivity (Wildman–Crippen MR) is 142 cm³/mol. The van der Waals surface area contributed by atoms with E-state index in [1.54, 1.807) is 4.90 Å². The summed E-state index contributed by atoms with van der Waals surface area (Å²) in [6, 6.07) is 19.1. The van der Waals surface area contributed by atoms with Crippen molar-refractivity contribution in [3.8, 4) is 0 Å². The minimum absolute atomic E-state index is 0.0593. The fourth-order valence-electron chi connectivity index (χ4n) is 4.45. The Morgan fingerprint density at radius 1 is 1.09 bits per heavy atom. The number of hydrogen-bond acceptors (Lipinski definition) is 5. The van der Waals surface area contributed by atoms with Crippen LogP contribution in [-0.4, -0.2) is 57.0 Å². The van der Waals surface area contributed by atoms with Gasteiger partial charge in [0.05, 0.1) is 0 Å². The molecule has 3 rings (SSSR count). The Labute approximate surface area is 216 Å². The lowest BCUT2D eigenvalue weighted by atomic mass is 9.83. The van der Waals surface area contributed by atoms with Crippen LogP contribution in [0.4, 0.5) is 0 Å². The van der Waals surface area contributed by atoms with Crippen molar-refractivity contribution < 1.29 is 19.6 Å². The maximum atomic E-state index is 13.3. The van der Waals surface area contributed by atoms with Gasteiger partial charge >= 0.3 is 7.12 Å². The van der Waals surface area contributed by atoms with E-state index in [2.05, 4.69) is 26.6 Å². The van der Waals surface area contributed by atoms with E-state index in [9.17, 15) is 9.59 Å². The molecule has 0 bridgehead atoms. The van der Waals surface area contributed by atoms with Gasteiger partial charge in [0.15, 0.2) is 0 Å². The van der Waals surface area contributed by atoms with Crippen molar-refractivity contribution in [2.24, 2.45) is 0 Å². The van der Waals surface area contributed by atoms with Crippen LogP contribution in [0, 0.1) is 0 Å². The van der Waals surface area contributed by atoms with E-state index in [0.717, 1.165) is 11.1 Å². The second-order valence-electron chi connectivity index (χ2n) is 9.20. The van der Waals surface area contributed by atoms with Crippen LogP contribution < -0.4 is 10.6 Å². The van der Waals surface area contributed by atoms with E-state index in [4.69, 9.17) is 10.0 Å². The number of benzene rings is 2. The molecule has 0 radical (unpaired) electrons. The van der Waals surface area contributed by atoms with Crippen molar-refractivity contribution in [2.45, 2.75) is 75.0 Å². The first kappa shape index (κ1) is 27.4. The average Bonchev–Trinajstić information content (AvgIpc) is 3.18. The number of likely N-dealkylation sites (tertiary alicyclic amines) is 1. The summed E-state index contributed by atoms with van der Waals surface area (Å²) in [6.07, 6.45) is 2.94. The number of rotatable bonds is 12. The molecule has 0 spiro atoms. The molecular weight excluding hydrogens is 509 g/mol. The third-order valence-corrected chi connectivity index (χ3v) is 7.45. The van der Waals surface area contributed by atoms with Crippen molar-refractivity contribution in [2.75, 3.05) is 0 Å². The summed E-state index contributed by atoms with van der Waals surface area (Å²) >= 11 is 3.71. The molecule has 1 saturated heterocycles. The Hall–Kier alpha value is -2.20. The lowest BCUT2D eigenvalue weighted by Crippen LogP contribution is -2.50. The van der Waals surface area contributed by atoms with E-state index in [0.29, 0.717) is 38.6 Å². The standard InChI is InChI=1S/C26H35BBrN3O4/c1-19(9-8-16-27(34)35)30-26(33)23-17-22(29-18-21-12-6-3-7-13-21)25(28)31(23)24(32)15-14-20-10-4-2-5-11-20/h2-7,10-13,19,22-23,25,29,34-35H,8-9,14-18H2,1H3,(H,30,33)/t19?,22-,23?,25?/m1/s1. The molecule has 2 aromatic carbocycles. The zero-order chi connectivity index (χ0) is 25.2. The van der Waals surface area contributed by atoms with Gasteiger partial charge in [-0.3, -0.25) is 9.59 Å². The Balaban J connectivity index is 1.65. The predicted octanol–water partition coefficient (Wildman–Crippen LogP) is 2.86. The summed E-state index contributed by atoms with van der Waals surface area (Å²) in [7, 11) is -1.34. The van der Waals surface area contributed by atoms with Crippen LogP contribution in [0.5, 0.6) is 0 Å². The largest absolute Gasteiger partial charge is 0.451 e. The topological polar surface area (TPSA) is 102 Å². The number of nitrogens with one attached hydrogen (secondary N) is 2. The minimum atomic E-state index is -1.34. The van der Waals surface area contributed by atoms with Gasteiger partial charge in [0, 0.05) is 25.0 Å². The molecule has 9 heteroatoms. The molecule has 35 heavy (non-hydrogen) atoms. The van der Waals surface area contributed by atoms with Gasteiger partial charge < -0.3 is 25.6 Å². The highest BCUT2D eigenvalue weighted by molar-refractivity contribution is 9.09. The average molecular weight is 544 g/mol. The van der Waals surface area contributed by atoms with Crippen molar-refractivity contribution in [1.29, 1.82) is 0 Å². The highest BCUT2D eigenvalue weighted by Crippen LogP contribution is 2.30. The van der Waals surface area contributed by atoms with Crippen LogP contribution in [0.3, 0.4) is 0 Å². The van der Waals surface area contributed by atoms with E-state index in [1.807, 2.05) is 67.6 Å². The summed E-state index contributed by atoms with van der Waals surface area (Å²) in [5.41, 5.74) is 2.23. The summed E-state index contributed by atoms with van der Waals surface area (Å²) in [6.45, 7) is 2.54. The first-order chi connectivity index (χ1) is 16.8. The van der Waals surface area contributed by atoms with Gasteiger partial charge in [0.2, 0.25) is 11.8 Å². The zero-order valence-electron chi connectivity index (χ0n) is 20.1. The molecule has 0 aliphatic carbocycles. The van der Waals surface area contributed by atoms with E-state index < -0.39 is 13.2 Å². The van der Waals surface area contributed by atoms with Crippen LogP contribution >= 0.6 is 15.9 Å². The Bertz CT molecular complexity index is 935. The smallest absolute Gasteiger partial charge is 0.427 e. The maximum Gasteiger partial charge on any atom is 0.451 e. The van der Waals surface area contributed by atoms with Crippen molar-refractivity contribution >= 4 is 34.9 Å². The van der Waals surface area contributed by atoms with E-state index in [1.165, 1.54) is 0 Å². The molecule has 1 fully saturated rings. The molecule has 3 unspecified atom stereocenters. The minimum Gasteiger partial charge on any atom is -0.427 e. The van der Waals surface area contributed by atoms with Crippen molar-refractivity contribution in [1.82, 2.24) is 15.5 Å². The van der Waals surface area contributed by atoms with Gasteiger partial charge in [0.25, 0.3) is 0 Å². The summed E-state index contributed by atoms with van der Waals surface area (Å²) in [5.74, 6) is -0.237. The zero-order valence-corrected chi connectivity index (χ0v) is 21.7. The number of carbonyl (C=O) groups excluding carboxylic acids is 2. The van der Waals surface area contributed by atoms with Gasteiger partial charge in [0.1, 0.15) is 11.0 Å². The molecule has 1 aliphatic heterocycles. The van der Waals surface area contributed by atoms with Gasteiger partial charge in [-0.25, -0.2) is 0 Å². The van der Waals surface area contributed by atoms with Gasteiger partial charge in [-0.15, -0.1) is 0 Å². The molecule has 0 aromatic heterocycles. The molecular formula is C26H35BBrN3O4. The fraction of sp³-hybridized carbons (Fsp3) is 0.462. The maximum absolute atomic E-state index is 13.3. The van der Waals surface area contributed by atoms with Crippen LogP contribution in [0.15, 0.2) is 60.7 Å². The molecule has 1 aliphatic rings. The summed E-state index contributed by atoms with van der Waals surface area (Å²) in [4.78, 5) is 28.0. The molecule has 7 nitrogen and oxygen atoms in total. The first-order valence-electron chi connectivity index (χ1n) is 12.3. The normalized spacial score (nSPS) is 20.5. The number of amides is 2. The highest BCUT2D eigenvalue weighted by atomic mass is 79.9. The molecule has 4 atom stereocenters. The molecule has 188 valence electrons. The Morgan fingerprint density at radius 2 is 1.71 bits per heavy atom. The number of alkyl halides is 1. The number of halogens is 1. The van der Waals surface area contributed by atoms with Gasteiger partial charge in [-0.2, -0.15) is 0 Å². The van der Waals surface area contributed by atoms with Crippen LogP contribution in [0.1, 0.15) is 43.7 Å². The molecule has 2 aromatic rings. The second-order valence-corrected chi connectivity index (χ2v) is 10.1. The molecule has 1 heterocycles. The molecule has 0 saturated carbocycles. The van der Waals surface area contributed by atoms with Crippen LogP contribution in [0.2, 0.25) is 6.32 Å². The first-order valence-corrected chi connectivity index (χ1v) is 13.2. The van der Waals surface area contributed by atoms with Crippen LogP contribution in [-0.2, 0) is 22.6 Å².